The van der Waals surface area contributed by atoms with Crippen LogP contribution in [0.5, 0.6) is 0 Å². The molecule has 2 heterocycles. The molecule has 5 nitrogen and oxygen atoms in total. The molecule has 3 rings (SSSR count). The average Bonchev–Trinajstić information content (AvgIpc) is 2.92. The largest absolute Gasteiger partial charge is 0.397 e. The van der Waals surface area contributed by atoms with Crippen LogP contribution in [0, 0.1) is 0 Å². The van der Waals surface area contributed by atoms with E-state index in [2.05, 4.69) is 31.1 Å². The van der Waals surface area contributed by atoms with Crippen LogP contribution in [0.4, 0.5) is 5.69 Å². The normalized spacial score (nSPS) is 10.8. The summed E-state index contributed by atoms with van der Waals surface area (Å²) in [6, 6.07) is 5.01. The van der Waals surface area contributed by atoms with Gasteiger partial charge in [-0.3, -0.25) is 4.98 Å². The molecule has 0 aliphatic rings. The van der Waals surface area contributed by atoms with Crippen molar-refractivity contribution in [2.75, 3.05) is 5.73 Å². The van der Waals surface area contributed by atoms with Gasteiger partial charge in [-0.15, -0.1) is 0 Å². The minimum atomic E-state index is 0.242. The number of nitrogen functional groups attached to an aromatic ring is 1. The summed E-state index contributed by atoms with van der Waals surface area (Å²) in [5, 5.41) is 4.69. The number of benzene rings is 1. The predicted octanol–water partition coefficient (Wildman–Crippen LogP) is 4.45. The van der Waals surface area contributed by atoms with Crippen molar-refractivity contribution in [2.45, 2.75) is 0 Å². The highest BCUT2D eigenvalue weighted by molar-refractivity contribution is 9.10. The second-order valence-electron chi connectivity index (χ2n) is 4.16. The lowest BCUT2D eigenvalue weighted by atomic mass is 10.2. The molecule has 0 saturated carbocycles. The van der Waals surface area contributed by atoms with E-state index in [1.54, 1.807) is 24.5 Å². The topological polar surface area (TPSA) is 77.8 Å². The third kappa shape index (κ3) is 2.88. The molecule has 0 fully saturated rings. The molecular weight excluding hydrogens is 379 g/mol. The van der Waals surface area contributed by atoms with E-state index >= 15 is 0 Å². The van der Waals surface area contributed by atoms with Crippen LogP contribution in [0.25, 0.3) is 22.8 Å². The molecule has 0 bridgehead atoms. The van der Waals surface area contributed by atoms with Crippen molar-refractivity contribution < 1.29 is 4.52 Å². The standard InChI is InChI=1S/C13H7BrCl2N4O/c14-7-1-6(4-18-5-7)12-19-13(21-20-12)9-2-8(15)3-10(16)11(9)17/h1-5H,17H2. The summed E-state index contributed by atoms with van der Waals surface area (Å²) in [7, 11) is 0. The van der Waals surface area contributed by atoms with Gasteiger partial charge < -0.3 is 10.3 Å². The molecule has 0 saturated heterocycles. The van der Waals surface area contributed by atoms with Crippen LogP contribution in [0.15, 0.2) is 39.6 Å². The second-order valence-corrected chi connectivity index (χ2v) is 5.92. The lowest BCUT2D eigenvalue weighted by molar-refractivity contribution is 0.432. The number of aromatic nitrogens is 3. The summed E-state index contributed by atoms with van der Waals surface area (Å²) >= 11 is 15.3. The molecule has 0 unspecified atom stereocenters. The Morgan fingerprint density at radius 3 is 2.71 bits per heavy atom. The summed E-state index contributed by atoms with van der Waals surface area (Å²) in [5.74, 6) is 0.640. The second kappa shape index (κ2) is 5.63. The third-order valence-electron chi connectivity index (χ3n) is 2.71. The first kappa shape index (κ1) is 14.3. The van der Waals surface area contributed by atoms with Gasteiger partial charge in [0.15, 0.2) is 0 Å². The molecule has 106 valence electrons. The quantitative estimate of drug-likeness (QED) is 0.659. The highest BCUT2D eigenvalue weighted by Crippen LogP contribution is 2.34. The van der Waals surface area contributed by atoms with Gasteiger partial charge in [0, 0.05) is 27.5 Å². The molecule has 2 aromatic heterocycles. The van der Waals surface area contributed by atoms with Crippen LogP contribution in [0.1, 0.15) is 0 Å². The molecule has 3 aromatic rings. The number of pyridine rings is 1. The maximum atomic E-state index is 6.00. The number of nitrogens with zero attached hydrogens (tertiary/aromatic N) is 3. The molecular formula is C13H7BrCl2N4O. The first-order valence-electron chi connectivity index (χ1n) is 5.74. The van der Waals surface area contributed by atoms with Crippen LogP contribution in [0.3, 0.4) is 0 Å². The molecule has 21 heavy (non-hydrogen) atoms. The van der Waals surface area contributed by atoms with Gasteiger partial charge in [0.05, 0.1) is 16.3 Å². The Hall–Kier alpha value is -1.63. The van der Waals surface area contributed by atoms with Gasteiger partial charge in [-0.1, -0.05) is 28.4 Å². The Morgan fingerprint density at radius 1 is 1.14 bits per heavy atom. The first-order valence-corrected chi connectivity index (χ1v) is 7.29. The fourth-order valence-electron chi connectivity index (χ4n) is 1.75. The lowest BCUT2D eigenvalue weighted by Crippen LogP contribution is -1.92. The molecule has 0 aliphatic carbocycles. The fraction of sp³-hybridized carbons (Fsp3) is 0. The summed E-state index contributed by atoms with van der Waals surface area (Å²) in [5.41, 5.74) is 7.46. The monoisotopic (exact) mass is 384 g/mol. The number of halogens is 3. The van der Waals surface area contributed by atoms with Crippen molar-refractivity contribution in [3.05, 3.63) is 45.1 Å². The van der Waals surface area contributed by atoms with Crippen molar-refractivity contribution in [3.63, 3.8) is 0 Å². The number of hydrogen-bond acceptors (Lipinski definition) is 5. The Bertz CT molecular complexity index is 822. The highest BCUT2D eigenvalue weighted by Gasteiger charge is 2.16. The van der Waals surface area contributed by atoms with Crippen molar-refractivity contribution in [2.24, 2.45) is 0 Å². The zero-order chi connectivity index (χ0) is 15.0. The Labute approximate surface area is 138 Å². The van der Waals surface area contributed by atoms with Gasteiger partial charge in [0.2, 0.25) is 5.82 Å². The van der Waals surface area contributed by atoms with Crippen molar-refractivity contribution in [1.82, 2.24) is 15.1 Å². The van der Waals surface area contributed by atoms with E-state index in [-0.39, 0.29) is 5.89 Å². The summed E-state index contributed by atoms with van der Waals surface area (Å²) in [4.78, 5) is 8.35. The minimum absolute atomic E-state index is 0.242. The summed E-state index contributed by atoms with van der Waals surface area (Å²) < 4.78 is 6.05. The third-order valence-corrected chi connectivity index (χ3v) is 3.68. The van der Waals surface area contributed by atoms with Crippen LogP contribution < -0.4 is 5.73 Å². The van der Waals surface area contributed by atoms with E-state index in [0.717, 1.165) is 4.47 Å². The highest BCUT2D eigenvalue weighted by atomic mass is 79.9. The molecule has 0 radical (unpaired) electrons. The van der Waals surface area contributed by atoms with Gasteiger partial charge in [-0.2, -0.15) is 4.98 Å². The van der Waals surface area contributed by atoms with E-state index in [4.69, 9.17) is 33.5 Å². The molecule has 8 heteroatoms. The maximum Gasteiger partial charge on any atom is 0.260 e. The Kier molecular flexibility index (Phi) is 3.84. The molecule has 0 aliphatic heterocycles. The maximum absolute atomic E-state index is 6.00. The molecule has 0 atom stereocenters. The first-order chi connectivity index (χ1) is 10.0. The predicted molar refractivity (Wildman–Crippen MR) is 85.1 cm³/mol. The van der Waals surface area contributed by atoms with E-state index in [1.165, 1.54) is 0 Å². The van der Waals surface area contributed by atoms with Crippen LogP contribution in [0.2, 0.25) is 10.0 Å². The Balaban J connectivity index is 2.07. The van der Waals surface area contributed by atoms with Crippen LogP contribution in [-0.2, 0) is 0 Å². The van der Waals surface area contributed by atoms with E-state index in [0.29, 0.717) is 32.7 Å². The minimum Gasteiger partial charge on any atom is -0.397 e. The zero-order valence-electron chi connectivity index (χ0n) is 10.3. The SMILES string of the molecule is Nc1c(Cl)cc(Cl)cc1-c1nc(-c2cncc(Br)c2)no1. The Morgan fingerprint density at radius 2 is 1.95 bits per heavy atom. The number of rotatable bonds is 2. The molecule has 0 amide bonds. The lowest BCUT2D eigenvalue weighted by Gasteiger charge is -2.03. The van der Waals surface area contributed by atoms with Crippen molar-refractivity contribution in [1.29, 1.82) is 0 Å². The van der Waals surface area contributed by atoms with Gasteiger partial charge in [0.1, 0.15) is 0 Å². The zero-order valence-corrected chi connectivity index (χ0v) is 13.4. The number of nitrogens with two attached hydrogens (primary N) is 1. The van der Waals surface area contributed by atoms with Crippen LogP contribution >= 0.6 is 39.1 Å². The van der Waals surface area contributed by atoms with Gasteiger partial charge in [-0.25, -0.2) is 0 Å². The summed E-state index contributed by atoms with van der Waals surface area (Å²) in [6.07, 6.45) is 3.30. The van der Waals surface area contributed by atoms with E-state index in [1.807, 2.05) is 6.07 Å². The number of anilines is 1. The van der Waals surface area contributed by atoms with Crippen molar-refractivity contribution in [3.8, 4) is 22.8 Å². The molecule has 1 aromatic carbocycles. The van der Waals surface area contributed by atoms with Crippen molar-refractivity contribution >= 4 is 44.8 Å². The fourth-order valence-corrected chi connectivity index (χ4v) is 2.60. The van der Waals surface area contributed by atoms with Crippen LogP contribution in [-0.4, -0.2) is 15.1 Å². The molecule has 0 spiro atoms. The van der Waals surface area contributed by atoms with E-state index in [9.17, 15) is 0 Å². The average molecular weight is 386 g/mol. The summed E-state index contributed by atoms with van der Waals surface area (Å²) in [6.45, 7) is 0. The molecule has 2 N–H and O–H groups in total. The van der Waals surface area contributed by atoms with Gasteiger partial charge >= 0.3 is 0 Å². The smallest absolute Gasteiger partial charge is 0.260 e. The number of hydrogen-bond donors (Lipinski definition) is 1. The van der Waals surface area contributed by atoms with E-state index < -0.39 is 0 Å². The van der Waals surface area contributed by atoms with Gasteiger partial charge in [0.25, 0.3) is 5.89 Å². The van der Waals surface area contributed by atoms with Gasteiger partial charge in [-0.05, 0) is 34.1 Å².